The van der Waals surface area contributed by atoms with Crippen molar-refractivity contribution in [1.29, 1.82) is 0 Å². The van der Waals surface area contributed by atoms with Crippen LogP contribution in [0.2, 0.25) is 0 Å². The second kappa shape index (κ2) is 16.7. The van der Waals surface area contributed by atoms with Gasteiger partial charge in [0, 0.05) is 0 Å². The summed E-state index contributed by atoms with van der Waals surface area (Å²) in [5.41, 5.74) is 0. The first-order valence-corrected chi connectivity index (χ1v) is 3.07. The van der Waals surface area contributed by atoms with Gasteiger partial charge in [0.15, 0.2) is 0 Å². The molecule has 0 unspecified atom stereocenters. The van der Waals surface area contributed by atoms with Gasteiger partial charge < -0.3 is 6.42 Å². The van der Waals surface area contributed by atoms with Crippen LogP contribution in [0.3, 0.4) is 0 Å². The molecular weight excluding hydrogens is 168 g/mol. The summed E-state index contributed by atoms with van der Waals surface area (Å²) in [4.78, 5) is 0. The molecular formula is C9H13ClMg. The Morgan fingerprint density at radius 2 is 1.36 bits per heavy atom. The molecule has 0 amide bonds. The van der Waals surface area contributed by atoms with Gasteiger partial charge in [0.1, 0.15) is 0 Å². The SMILES string of the molecule is C[CH-]C.Cl.[Mg+2].[c-]1ccccc1. The molecule has 1 aromatic rings. The Morgan fingerprint density at radius 3 is 1.45 bits per heavy atom. The third-order valence-corrected chi connectivity index (χ3v) is 0.607. The van der Waals surface area contributed by atoms with E-state index in [2.05, 4.69) is 6.07 Å². The molecule has 2 heteroatoms. The molecule has 0 aliphatic heterocycles. The van der Waals surface area contributed by atoms with E-state index in [-0.39, 0.29) is 35.5 Å². The first-order chi connectivity index (χ1) is 4.41. The molecule has 1 rings (SSSR count). The summed E-state index contributed by atoms with van der Waals surface area (Å²) < 4.78 is 0. The number of halogens is 1. The molecule has 1 aromatic carbocycles. The van der Waals surface area contributed by atoms with Gasteiger partial charge in [0.2, 0.25) is 0 Å². The Kier molecular flexibility index (Phi) is 26.4. The van der Waals surface area contributed by atoms with Crippen molar-refractivity contribution in [3.05, 3.63) is 42.8 Å². The molecule has 0 saturated heterocycles. The maximum absolute atomic E-state index is 2.89. The van der Waals surface area contributed by atoms with Crippen LogP contribution in [0.15, 0.2) is 30.3 Å². The van der Waals surface area contributed by atoms with Crippen LogP contribution in [-0.4, -0.2) is 23.1 Å². The van der Waals surface area contributed by atoms with Gasteiger partial charge in [0.25, 0.3) is 0 Å². The fourth-order valence-corrected chi connectivity index (χ4v) is 0.342. The normalized spacial score (nSPS) is 6.00. The summed E-state index contributed by atoms with van der Waals surface area (Å²) >= 11 is 0. The van der Waals surface area contributed by atoms with E-state index in [1.807, 2.05) is 50.6 Å². The van der Waals surface area contributed by atoms with Crippen LogP contribution in [0, 0.1) is 12.5 Å². The van der Waals surface area contributed by atoms with Gasteiger partial charge in [-0.05, 0) is 0 Å². The second-order valence-electron chi connectivity index (χ2n) is 1.65. The average molecular weight is 181 g/mol. The third kappa shape index (κ3) is 17.9. The zero-order valence-electron chi connectivity index (χ0n) is 7.08. The van der Waals surface area contributed by atoms with Crippen LogP contribution >= 0.6 is 12.4 Å². The van der Waals surface area contributed by atoms with E-state index in [0.717, 1.165) is 0 Å². The zero-order valence-corrected chi connectivity index (χ0v) is 9.31. The van der Waals surface area contributed by atoms with Gasteiger partial charge in [-0.3, -0.25) is 0 Å². The minimum atomic E-state index is 0. The van der Waals surface area contributed by atoms with Crippen molar-refractivity contribution in [1.82, 2.24) is 0 Å². The predicted molar refractivity (Wildman–Crippen MR) is 53.9 cm³/mol. The van der Waals surface area contributed by atoms with Crippen molar-refractivity contribution >= 4 is 35.5 Å². The van der Waals surface area contributed by atoms with Crippen molar-refractivity contribution in [2.45, 2.75) is 13.8 Å². The van der Waals surface area contributed by atoms with Crippen molar-refractivity contribution in [2.24, 2.45) is 0 Å². The minimum absolute atomic E-state index is 0. The van der Waals surface area contributed by atoms with E-state index in [1.165, 1.54) is 0 Å². The van der Waals surface area contributed by atoms with Crippen molar-refractivity contribution in [2.75, 3.05) is 0 Å². The van der Waals surface area contributed by atoms with E-state index in [9.17, 15) is 0 Å². The molecule has 0 bridgehead atoms. The second-order valence-corrected chi connectivity index (χ2v) is 1.65. The fraction of sp³-hybridized carbons (Fsp3) is 0.222. The molecule has 0 N–H and O–H groups in total. The van der Waals surface area contributed by atoms with Gasteiger partial charge in [-0.25, -0.2) is 0 Å². The average Bonchev–Trinajstić information content (AvgIpc) is 1.93. The standard InChI is InChI=1S/C6H5.C3H7.ClH.Mg/c1-2-4-6-5-3-1;1-3-2;;/h1-5H;3H,1-2H3;1H;/q2*-1;;+2. The molecule has 0 aliphatic carbocycles. The molecule has 0 fully saturated rings. The Balaban J connectivity index is -0.000000116. The zero-order chi connectivity index (χ0) is 6.95. The van der Waals surface area contributed by atoms with Gasteiger partial charge >= 0.3 is 23.1 Å². The number of rotatable bonds is 0. The Hall–Kier alpha value is 0.276. The molecule has 0 nitrogen and oxygen atoms in total. The molecule has 58 valence electrons. The predicted octanol–water partition coefficient (Wildman–Crippen LogP) is 2.76. The molecule has 0 saturated carbocycles. The maximum atomic E-state index is 2.89. The molecule has 0 aliphatic rings. The van der Waals surface area contributed by atoms with Crippen molar-refractivity contribution in [3.8, 4) is 0 Å². The van der Waals surface area contributed by atoms with Crippen LogP contribution in [0.5, 0.6) is 0 Å². The van der Waals surface area contributed by atoms with E-state index in [1.54, 1.807) is 0 Å². The van der Waals surface area contributed by atoms with E-state index in [4.69, 9.17) is 0 Å². The van der Waals surface area contributed by atoms with Gasteiger partial charge in [-0.15, -0.1) is 12.4 Å². The largest absolute Gasteiger partial charge is 2.00 e. The molecule has 0 radical (unpaired) electrons. The Labute approximate surface area is 92.0 Å². The molecule has 0 aromatic heterocycles. The van der Waals surface area contributed by atoms with Crippen LogP contribution in [0.1, 0.15) is 13.8 Å². The maximum Gasteiger partial charge on any atom is 2.00 e. The van der Waals surface area contributed by atoms with E-state index in [0.29, 0.717) is 0 Å². The van der Waals surface area contributed by atoms with Gasteiger partial charge in [-0.1, -0.05) is 0 Å². The molecule has 0 atom stereocenters. The third-order valence-electron chi connectivity index (χ3n) is 0.607. The number of benzene rings is 1. The van der Waals surface area contributed by atoms with Crippen LogP contribution in [0.25, 0.3) is 0 Å². The van der Waals surface area contributed by atoms with E-state index < -0.39 is 0 Å². The van der Waals surface area contributed by atoms with Crippen molar-refractivity contribution in [3.63, 3.8) is 0 Å². The minimum Gasteiger partial charge on any atom is -0.335 e. The summed E-state index contributed by atoms with van der Waals surface area (Å²) in [6.45, 7) is 4.00. The van der Waals surface area contributed by atoms with Gasteiger partial charge in [-0.2, -0.15) is 50.2 Å². The van der Waals surface area contributed by atoms with Crippen LogP contribution < -0.4 is 0 Å². The van der Waals surface area contributed by atoms with E-state index >= 15 is 0 Å². The summed E-state index contributed by atoms with van der Waals surface area (Å²) in [5.74, 6) is 0. The molecule has 11 heavy (non-hydrogen) atoms. The summed E-state index contributed by atoms with van der Waals surface area (Å²) in [7, 11) is 0. The smallest absolute Gasteiger partial charge is 0.335 e. The van der Waals surface area contributed by atoms with Crippen LogP contribution in [0.4, 0.5) is 0 Å². The number of hydrogen-bond acceptors (Lipinski definition) is 0. The van der Waals surface area contributed by atoms with Gasteiger partial charge in [0.05, 0.1) is 0 Å². The summed E-state index contributed by atoms with van der Waals surface area (Å²) in [6.07, 6.45) is 2.00. The fourth-order valence-electron chi connectivity index (χ4n) is 0.342. The Morgan fingerprint density at radius 1 is 1.00 bits per heavy atom. The first kappa shape index (κ1) is 17.4. The quantitative estimate of drug-likeness (QED) is 0.426. The topological polar surface area (TPSA) is 0 Å². The van der Waals surface area contributed by atoms with Crippen LogP contribution in [-0.2, 0) is 0 Å². The first-order valence-electron chi connectivity index (χ1n) is 3.07. The summed E-state index contributed by atoms with van der Waals surface area (Å²) in [5, 5.41) is 0. The van der Waals surface area contributed by atoms with Crippen molar-refractivity contribution < 1.29 is 0 Å². The molecule has 0 spiro atoms. The monoisotopic (exact) mass is 180 g/mol. The Bertz CT molecular complexity index is 92.4. The molecule has 0 heterocycles. The summed E-state index contributed by atoms with van der Waals surface area (Å²) in [6, 6.07) is 12.5. The number of hydrogen-bond donors (Lipinski definition) is 0.